The Kier molecular flexibility index (Phi) is 4.99. The van der Waals surface area contributed by atoms with Crippen LogP contribution in [0.4, 0.5) is 17.6 Å². The van der Waals surface area contributed by atoms with Crippen molar-refractivity contribution in [2.75, 3.05) is 12.4 Å². The van der Waals surface area contributed by atoms with E-state index >= 15 is 0 Å². The summed E-state index contributed by atoms with van der Waals surface area (Å²) in [4.78, 5) is 1.34. The van der Waals surface area contributed by atoms with Gasteiger partial charge in [-0.2, -0.15) is 17.6 Å². The molecule has 3 aliphatic heterocycles. The molecule has 3 heterocycles. The van der Waals surface area contributed by atoms with E-state index < -0.39 is 23.7 Å². The summed E-state index contributed by atoms with van der Waals surface area (Å²) in [6, 6.07) is 18.9. The number of halogens is 4. The minimum Gasteiger partial charge on any atom is -0.493 e. The molecule has 3 nitrogen and oxygen atoms in total. The van der Waals surface area contributed by atoms with E-state index in [1.54, 1.807) is 6.07 Å². The molecule has 0 amide bonds. The van der Waals surface area contributed by atoms with Gasteiger partial charge >= 0.3 is 12.2 Å². The van der Waals surface area contributed by atoms with Crippen LogP contribution in [0.15, 0.2) is 65.6 Å². The van der Waals surface area contributed by atoms with E-state index in [-0.39, 0.29) is 5.92 Å². The third-order valence-corrected chi connectivity index (χ3v) is 7.87. The topological polar surface area (TPSA) is 27.7 Å². The van der Waals surface area contributed by atoms with Gasteiger partial charge in [-0.3, -0.25) is 0 Å². The van der Waals surface area contributed by atoms with Gasteiger partial charge in [0.1, 0.15) is 5.75 Å². The van der Waals surface area contributed by atoms with Crippen molar-refractivity contribution in [2.45, 2.75) is 41.8 Å². The molecule has 3 aromatic rings. The number of hydrogen-bond acceptors (Lipinski definition) is 4. The van der Waals surface area contributed by atoms with Gasteiger partial charge in [-0.05, 0) is 65.3 Å². The minimum absolute atomic E-state index is 0.130. The molecule has 3 aliphatic rings. The molecule has 0 N–H and O–H groups in total. The van der Waals surface area contributed by atoms with Gasteiger partial charge in [0.25, 0.3) is 0 Å². The number of alkyl halides is 4. The van der Waals surface area contributed by atoms with Gasteiger partial charge < -0.3 is 14.2 Å². The lowest BCUT2D eigenvalue weighted by Crippen LogP contribution is -2.52. The van der Waals surface area contributed by atoms with Crippen molar-refractivity contribution >= 4 is 11.8 Å². The maximum absolute atomic E-state index is 13.6. The van der Waals surface area contributed by atoms with Gasteiger partial charge in [0.05, 0.1) is 6.61 Å². The zero-order valence-electron chi connectivity index (χ0n) is 17.9. The van der Waals surface area contributed by atoms with Gasteiger partial charge in [-0.15, -0.1) is 11.8 Å². The molecule has 0 bridgehead atoms. The second kappa shape index (κ2) is 7.83. The zero-order chi connectivity index (χ0) is 23.5. The van der Waals surface area contributed by atoms with Crippen LogP contribution in [0.3, 0.4) is 0 Å². The molecule has 2 unspecified atom stereocenters. The summed E-state index contributed by atoms with van der Waals surface area (Å²) in [6.07, 6.45) is -7.83. The minimum atomic E-state index is -4.74. The monoisotopic (exact) mass is 488 g/mol. The lowest BCUT2D eigenvalue weighted by atomic mass is 9.86. The molecule has 0 aromatic heterocycles. The molecule has 0 aliphatic carbocycles. The molecule has 0 spiro atoms. The lowest BCUT2D eigenvalue weighted by molar-refractivity contribution is -0.391. The molecule has 0 saturated heterocycles. The Balaban J connectivity index is 1.24. The summed E-state index contributed by atoms with van der Waals surface area (Å²) in [5, 5.41) is 0. The Morgan fingerprint density at radius 1 is 0.706 bits per heavy atom. The van der Waals surface area contributed by atoms with E-state index in [1.807, 2.05) is 17.8 Å². The maximum Gasteiger partial charge on any atom is 0.507 e. The molecule has 176 valence electrons. The Morgan fingerprint density at radius 3 is 2.21 bits per heavy atom. The molecular weight excluding hydrogens is 468 g/mol. The van der Waals surface area contributed by atoms with Crippen LogP contribution in [0.2, 0.25) is 0 Å². The van der Waals surface area contributed by atoms with Gasteiger partial charge in [0, 0.05) is 16.6 Å². The van der Waals surface area contributed by atoms with E-state index in [2.05, 4.69) is 45.9 Å². The largest absolute Gasteiger partial charge is 0.507 e. The van der Waals surface area contributed by atoms with Crippen LogP contribution in [-0.4, -0.2) is 24.6 Å². The molecular formula is C26H20F4O3S. The fourth-order valence-corrected chi connectivity index (χ4v) is 5.96. The normalized spacial score (nSPS) is 23.9. The average molecular weight is 489 g/mol. The summed E-state index contributed by atoms with van der Waals surface area (Å²) in [5.41, 5.74) is 4.31. The zero-order valence-corrected chi connectivity index (χ0v) is 18.7. The van der Waals surface area contributed by atoms with Crippen LogP contribution in [0.1, 0.15) is 34.1 Å². The van der Waals surface area contributed by atoms with Crippen molar-refractivity contribution < 1.29 is 31.8 Å². The van der Waals surface area contributed by atoms with Crippen molar-refractivity contribution in [1.29, 1.82) is 0 Å². The molecule has 0 saturated carbocycles. The highest BCUT2D eigenvalue weighted by molar-refractivity contribution is 7.99. The van der Waals surface area contributed by atoms with Gasteiger partial charge in [-0.1, -0.05) is 36.4 Å². The van der Waals surface area contributed by atoms with E-state index in [1.165, 1.54) is 28.2 Å². The number of ether oxygens (including phenoxy) is 3. The van der Waals surface area contributed by atoms with E-state index in [9.17, 15) is 17.6 Å². The number of rotatable bonds is 2. The smallest absolute Gasteiger partial charge is 0.493 e. The Labute approximate surface area is 198 Å². The molecule has 2 atom stereocenters. The van der Waals surface area contributed by atoms with Crippen molar-refractivity contribution in [1.82, 2.24) is 0 Å². The summed E-state index contributed by atoms with van der Waals surface area (Å²) >= 11 is 1.87. The van der Waals surface area contributed by atoms with Crippen LogP contribution in [0.5, 0.6) is 17.2 Å². The van der Waals surface area contributed by atoms with Crippen LogP contribution in [-0.2, 0) is 12.8 Å². The Bertz CT molecular complexity index is 1260. The number of benzene rings is 3. The van der Waals surface area contributed by atoms with E-state index in [4.69, 9.17) is 4.74 Å². The first-order chi connectivity index (χ1) is 16.3. The third kappa shape index (κ3) is 3.68. The lowest BCUT2D eigenvalue weighted by Gasteiger charge is -2.33. The van der Waals surface area contributed by atoms with Gasteiger partial charge in [-0.25, -0.2) is 0 Å². The van der Waals surface area contributed by atoms with Crippen LogP contribution < -0.4 is 14.2 Å². The highest BCUT2D eigenvalue weighted by Gasteiger charge is 2.66. The van der Waals surface area contributed by atoms with Gasteiger partial charge in [0.15, 0.2) is 11.5 Å². The summed E-state index contributed by atoms with van der Waals surface area (Å²) in [6.45, 7) is 0.352. The van der Waals surface area contributed by atoms with Crippen molar-refractivity contribution in [3.05, 3.63) is 82.9 Å². The van der Waals surface area contributed by atoms with E-state index in [0.29, 0.717) is 24.5 Å². The first-order valence-electron chi connectivity index (χ1n) is 11.0. The van der Waals surface area contributed by atoms with Crippen molar-refractivity contribution in [3.63, 3.8) is 0 Å². The van der Waals surface area contributed by atoms with Crippen LogP contribution in [0, 0.1) is 0 Å². The predicted molar refractivity (Wildman–Crippen MR) is 120 cm³/mol. The highest BCUT2D eigenvalue weighted by Crippen LogP contribution is 2.48. The molecule has 3 aromatic carbocycles. The van der Waals surface area contributed by atoms with Crippen LogP contribution in [0.25, 0.3) is 0 Å². The third-order valence-electron chi connectivity index (χ3n) is 6.60. The Hall–Kier alpha value is -2.87. The molecule has 6 rings (SSSR count). The summed E-state index contributed by atoms with van der Waals surface area (Å²) in [5.74, 6) is 1.27. The fraction of sp³-hybridized carbons (Fsp3) is 0.308. The molecule has 0 radical (unpaired) electrons. The van der Waals surface area contributed by atoms with Crippen molar-refractivity contribution in [3.8, 4) is 17.2 Å². The predicted octanol–water partition coefficient (Wildman–Crippen LogP) is 6.79. The quantitative estimate of drug-likeness (QED) is 0.371. The average Bonchev–Trinajstić information content (AvgIpc) is 2.83. The second-order valence-electron chi connectivity index (χ2n) is 8.84. The molecule has 34 heavy (non-hydrogen) atoms. The van der Waals surface area contributed by atoms with Crippen LogP contribution >= 0.6 is 11.8 Å². The number of thioether (sulfide) groups is 1. The highest BCUT2D eigenvalue weighted by atomic mass is 32.2. The molecule has 8 heteroatoms. The standard InChI is InChI=1S/C26H20F4O3S/c27-25(28)26(29,30)33-23-12-16(6-8-22(23)32-25)19-11-18-9-15(5-7-21(18)31-13-19)20-10-17-3-1-2-4-24(17)34-14-20/h1-9,12,19-20H,10-11,13-14H2. The fourth-order valence-electron chi connectivity index (χ4n) is 4.76. The maximum atomic E-state index is 13.6. The first kappa shape index (κ1) is 21.6. The summed E-state index contributed by atoms with van der Waals surface area (Å²) < 4.78 is 68.6. The number of fused-ring (bicyclic) bond motifs is 3. The second-order valence-corrected chi connectivity index (χ2v) is 9.90. The Morgan fingerprint density at radius 2 is 1.38 bits per heavy atom. The summed E-state index contributed by atoms with van der Waals surface area (Å²) in [7, 11) is 0. The number of hydrogen-bond donors (Lipinski definition) is 0. The van der Waals surface area contributed by atoms with Gasteiger partial charge in [0.2, 0.25) is 0 Å². The SMILES string of the molecule is FC1(F)Oc2ccc(C3COc4ccc(C5CSc6ccccc6C5)cc4C3)cc2OC1(F)F. The molecule has 0 fully saturated rings. The first-order valence-corrected chi connectivity index (χ1v) is 12.0. The van der Waals surface area contributed by atoms with E-state index in [0.717, 1.165) is 23.5 Å². The van der Waals surface area contributed by atoms with Crippen molar-refractivity contribution in [2.24, 2.45) is 0 Å².